The number of rotatable bonds is 4. The smallest absolute Gasteiger partial charge is 0.317 e. The van der Waals surface area contributed by atoms with Crippen LogP contribution in [0, 0.1) is 47.3 Å². The van der Waals surface area contributed by atoms with Gasteiger partial charge in [0.25, 0.3) is 0 Å². The van der Waals surface area contributed by atoms with E-state index in [1.807, 2.05) is 79.7 Å². The van der Waals surface area contributed by atoms with Gasteiger partial charge in [0.1, 0.15) is 0 Å². The molecule has 0 amide bonds. The van der Waals surface area contributed by atoms with Gasteiger partial charge in [0.05, 0.1) is 23.7 Å². The number of carbonyl (C=O) groups excluding carboxylic acids is 4. The van der Waals surface area contributed by atoms with Crippen LogP contribution in [0.3, 0.4) is 0 Å². The highest BCUT2D eigenvalue weighted by atomic mass is 16.6. The zero-order chi connectivity index (χ0) is 26.0. The molecule has 0 aromatic rings. The molecule has 0 aliphatic carbocycles. The summed E-state index contributed by atoms with van der Waals surface area (Å²) in [6.07, 6.45) is 9.03. The van der Waals surface area contributed by atoms with Gasteiger partial charge in [-0.25, -0.2) is 0 Å². The predicted octanol–water partition coefficient (Wildman–Crippen LogP) is 5.90. The first-order valence-electron chi connectivity index (χ1n) is 12.7. The molecule has 0 spiro atoms. The first-order valence-corrected chi connectivity index (χ1v) is 12.7. The predicted molar refractivity (Wildman–Crippen MR) is 132 cm³/mol. The van der Waals surface area contributed by atoms with E-state index >= 15 is 0 Å². The van der Waals surface area contributed by atoms with E-state index in [0.29, 0.717) is 25.7 Å². The third-order valence-electron chi connectivity index (χ3n) is 6.73. The third-order valence-corrected chi connectivity index (χ3v) is 6.73. The lowest BCUT2D eigenvalue weighted by atomic mass is 9.89. The SMILES string of the molecule is CC(C)[C@H]1C/C=C\C[C@H](C(C)C)C(=O)OC(=O)[C@@H](C(C)C)C/C=C\C[C@H](C(C)C)C(=O)OC1=O. The molecule has 4 atom stereocenters. The maximum Gasteiger partial charge on any atom is 0.317 e. The second kappa shape index (κ2) is 14.2. The normalized spacial score (nSPS) is 28.6. The Morgan fingerprint density at radius 1 is 0.471 bits per heavy atom. The van der Waals surface area contributed by atoms with E-state index in [4.69, 9.17) is 9.47 Å². The largest absolute Gasteiger partial charge is 0.393 e. The maximum atomic E-state index is 12.8. The van der Waals surface area contributed by atoms with Gasteiger partial charge in [-0.15, -0.1) is 0 Å². The average molecular weight is 477 g/mol. The lowest BCUT2D eigenvalue weighted by molar-refractivity contribution is -0.169. The first kappa shape index (κ1) is 29.8. The van der Waals surface area contributed by atoms with Gasteiger partial charge >= 0.3 is 23.9 Å². The van der Waals surface area contributed by atoms with Crippen molar-refractivity contribution in [1.29, 1.82) is 0 Å². The lowest BCUT2D eigenvalue weighted by Crippen LogP contribution is -2.31. The van der Waals surface area contributed by atoms with Crippen molar-refractivity contribution in [2.75, 3.05) is 0 Å². The van der Waals surface area contributed by atoms with Crippen molar-refractivity contribution >= 4 is 23.9 Å². The zero-order valence-corrected chi connectivity index (χ0v) is 22.2. The van der Waals surface area contributed by atoms with Gasteiger partial charge in [0.2, 0.25) is 0 Å². The summed E-state index contributed by atoms with van der Waals surface area (Å²) < 4.78 is 10.6. The van der Waals surface area contributed by atoms with Crippen LogP contribution >= 0.6 is 0 Å². The first-order chi connectivity index (χ1) is 15.9. The number of ether oxygens (including phenoxy) is 2. The van der Waals surface area contributed by atoms with Crippen molar-refractivity contribution < 1.29 is 28.7 Å². The third kappa shape index (κ3) is 9.19. The fourth-order valence-electron chi connectivity index (χ4n) is 4.03. The Hall–Kier alpha value is -2.24. The number of hydrogen-bond acceptors (Lipinski definition) is 6. The molecule has 0 radical (unpaired) electrons. The molecule has 0 aromatic heterocycles. The van der Waals surface area contributed by atoms with Crippen LogP contribution in [0.1, 0.15) is 81.1 Å². The highest BCUT2D eigenvalue weighted by Gasteiger charge is 2.32. The molecular weight excluding hydrogens is 432 g/mol. The molecule has 1 rings (SSSR count). The topological polar surface area (TPSA) is 86.7 Å². The number of esters is 4. The summed E-state index contributed by atoms with van der Waals surface area (Å²) in [6, 6.07) is 0. The summed E-state index contributed by atoms with van der Waals surface area (Å²) in [6.45, 7) is 15.4. The van der Waals surface area contributed by atoms with E-state index in [-0.39, 0.29) is 23.7 Å². The zero-order valence-electron chi connectivity index (χ0n) is 22.2. The Bertz CT molecular complexity index is 635. The van der Waals surface area contributed by atoms with Crippen molar-refractivity contribution in [3.8, 4) is 0 Å². The van der Waals surface area contributed by atoms with Gasteiger partial charge < -0.3 is 9.47 Å². The van der Waals surface area contributed by atoms with Crippen molar-refractivity contribution in [2.45, 2.75) is 81.1 Å². The Morgan fingerprint density at radius 2 is 0.647 bits per heavy atom. The van der Waals surface area contributed by atoms with E-state index in [1.54, 1.807) is 0 Å². The van der Waals surface area contributed by atoms with Crippen molar-refractivity contribution in [2.24, 2.45) is 47.3 Å². The van der Waals surface area contributed by atoms with Gasteiger partial charge in [-0.3, -0.25) is 19.2 Å². The molecule has 192 valence electrons. The molecule has 0 N–H and O–H groups in total. The summed E-state index contributed by atoms with van der Waals surface area (Å²) in [5.74, 6) is -3.91. The molecule has 6 heteroatoms. The molecule has 1 aliphatic rings. The molecule has 1 heterocycles. The minimum atomic E-state index is -0.509. The van der Waals surface area contributed by atoms with Crippen LogP contribution in [0.5, 0.6) is 0 Å². The fraction of sp³-hybridized carbons (Fsp3) is 0.714. The molecule has 0 saturated carbocycles. The molecule has 0 saturated heterocycles. The molecule has 0 aromatic carbocycles. The molecular formula is C28H44O6. The van der Waals surface area contributed by atoms with Crippen molar-refractivity contribution in [1.82, 2.24) is 0 Å². The van der Waals surface area contributed by atoms with Gasteiger partial charge in [0, 0.05) is 0 Å². The monoisotopic (exact) mass is 476 g/mol. The molecule has 0 bridgehead atoms. The summed E-state index contributed by atoms with van der Waals surface area (Å²) in [5, 5.41) is 0. The van der Waals surface area contributed by atoms with E-state index < -0.39 is 47.5 Å². The number of cyclic esters (lactones) is 4. The molecule has 1 aliphatic heterocycles. The molecule has 34 heavy (non-hydrogen) atoms. The number of hydrogen-bond donors (Lipinski definition) is 0. The summed E-state index contributed by atoms with van der Waals surface area (Å²) in [5.41, 5.74) is 0. The van der Waals surface area contributed by atoms with Gasteiger partial charge in [0.15, 0.2) is 0 Å². The van der Waals surface area contributed by atoms with Crippen LogP contribution in [0.25, 0.3) is 0 Å². The fourth-order valence-corrected chi connectivity index (χ4v) is 4.03. The Balaban J connectivity index is 3.25. The Morgan fingerprint density at radius 3 is 0.794 bits per heavy atom. The van der Waals surface area contributed by atoms with E-state index in [0.717, 1.165) is 0 Å². The Kier molecular flexibility index (Phi) is 12.5. The van der Waals surface area contributed by atoms with Crippen LogP contribution in [0.4, 0.5) is 0 Å². The van der Waals surface area contributed by atoms with Gasteiger partial charge in [-0.05, 0) is 49.4 Å². The van der Waals surface area contributed by atoms with Crippen LogP contribution in [0.2, 0.25) is 0 Å². The maximum absolute atomic E-state index is 12.8. The van der Waals surface area contributed by atoms with E-state index in [2.05, 4.69) is 0 Å². The molecule has 6 nitrogen and oxygen atoms in total. The van der Waals surface area contributed by atoms with Crippen LogP contribution in [0.15, 0.2) is 24.3 Å². The number of carbonyl (C=O) groups is 4. The Labute approximate surface area is 205 Å². The second-order valence-corrected chi connectivity index (χ2v) is 10.8. The highest BCUT2D eigenvalue weighted by Crippen LogP contribution is 2.25. The van der Waals surface area contributed by atoms with Crippen molar-refractivity contribution in [3.05, 3.63) is 24.3 Å². The quantitative estimate of drug-likeness (QED) is 0.285. The molecule has 0 unspecified atom stereocenters. The van der Waals surface area contributed by atoms with E-state index in [9.17, 15) is 19.2 Å². The standard InChI is InChI=1S/C28H44O6/c1-17(2)21-13-9-10-14-23(19(5)6)27(31)34-28(32)24(20(7)8)16-12-11-15-22(18(3)4)26(30)33-25(21)29/h9-12,17-24H,13-16H2,1-8H3/b10-9-,12-11-/t21-,22-,23-,24-/m1/s1. The van der Waals surface area contributed by atoms with Gasteiger partial charge in [-0.2, -0.15) is 0 Å². The van der Waals surface area contributed by atoms with E-state index in [1.165, 1.54) is 0 Å². The summed E-state index contributed by atoms with van der Waals surface area (Å²) in [7, 11) is 0. The number of allylic oxidation sites excluding steroid dienone is 4. The van der Waals surface area contributed by atoms with Crippen molar-refractivity contribution in [3.63, 3.8) is 0 Å². The minimum Gasteiger partial charge on any atom is -0.393 e. The second-order valence-electron chi connectivity index (χ2n) is 10.8. The van der Waals surface area contributed by atoms with Crippen LogP contribution in [-0.2, 0) is 28.7 Å². The van der Waals surface area contributed by atoms with Gasteiger partial charge in [-0.1, -0.05) is 79.7 Å². The summed E-state index contributed by atoms with van der Waals surface area (Å²) >= 11 is 0. The molecule has 0 fully saturated rings. The van der Waals surface area contributed by atoms with Crippen LogP contribution in [-0.4, -0.2) is 23.9 Å². The van der Waals surface area contributed by atoms with Crippen LogP contribution < -0.4 is 0 Å². The summed E-state index contributed by atoms with van der Waals surface area (Å²) in [4.78, 5) is 51.2. The lowest BCUT2D eigenvalue weighted by Gasteiger charge is -2.22. The highest BCUT2D eigenvalue weighted by molar-refractivity contribution is 5.89. The average Bonchev–Trinajstić information content (AvgIpc) is 2.70. The minimum absolute atomic E-state index is 0.00982.